The van der Waals surface area contributed by atoms with Gasteiger partial charge in [-0.05, 0) is 36.8 Å². The van der Waals surface area contributed by atoms with Gasteiger partial charge in [0.15, 0.2) is 0 Å². The van der Waals surface area contributed by atoms with Gasteiger partial charge in [0, 0.05) is 6.04 Å². The molecule has 0 saturated carbocycles. The molecule has 2 aromatic carbocycles. The molecule has 0 aliphatic carbocycles. The smallest absolute Gasteiger partial charge is 0.135 e. The first-order valence-corrected chi connectivity index (χ1v) is 6.46. The van der Waals surface area contributed by atoms with Crippen molar-refractivity contribution in [2.45, 2.75) is 19.6 Å². The number of nitrogens with two attached hydrogens (primary N) is 1. The van der Waals surface area contributed by atoms with E-state index in [-0.39, 0.29) is 12.6 Å². The summed E-state index contributed by atoms with van der Waals surface area (Å²) in [6.07, 6.45) is 0. The van der Waals surface area contributed by atoms with Crippen molar-refractivity contribution >= 4 is 0 Å². The van der Waals surface area contributed by atoms with Crippen LogP contribution in [-0.2, 0) is 6.61 Å². The van der Waals surface area contributed by atoms with Crippen LogP contribution in [0.5, 0.6) is 17.2 Å². The molecule has 4 heteroatoms. The summed E-state index contributed by atoms with van der Waals surface area (Å²) in [4.78, 5) is 0. The van der Waals surface area contributed by atoms with Gasteiger partial charge in [-0.2, -0.15) is 0 Å². The fraction of sp³-hybridized carbons (Fsp3) is 0.250. The summed E-state index contributed by atoms with van der Waals surface area (Å²) in [5, 5.41) is 9.03. The predicted octanol–water partition coefficient (Wildman–Crippen LogP) is 3.00. The second-order valence-corrected chi connectivity index (χ2v) is 4.56. The Hall–Kier alpha value is -2.04. The zero-order valence-electron chi connectivity index (χ0n) is 11.7. The highest BCUT2D eigenvalue weighted by molar-refractivity contribution is 5.48. The fourth-order valence-corrected chi connectivity index (χ4v) is 2.03. The lowest BCUT2D eigenvalue weighted by Crippen LogP contribution is -2.08. The summed E-state index contributed by atoms with van der Waals surface area (Å²) >= 11 is 0. The minimum atomic E-state index is -0.196. The third-order valence-corrected chi connectivity index (χ3v) is 3.04. The van der Waals surface area contributed by atoms with E-state index in [0.29, 0.717) is 17.2 Å². The molecular formula is C16H19NO3. The molecule has 3 N–H and O–H groups in total. The highest BCUT2D eigenvalue weighted by Crippen LogP contribution is 2.35. The van der Waals surface area contributed by atoms with Crippen molar-refractivity contribution in [3.63, 3.8) is 0 Å². The Balaban J connectivity index is 2.32. The van der Waals surface area contributed by atoms with Crippen LogP contribution in [0.2, 0.25) is 0 Å². The third-order valence-electron chi connectivity index (χ3n) is 3.04. The highest BCUT2D eigenvalue weighted by atomic mass is 16.5. The molecule has 1 atom stereocenters. The largest absolute Gasteiger partial charge is 0.496 e. The number of ether oxygens (including phenoxy) is 2. The molecule has 0 fully saturated rings. The van der Waals surface area contributed by atoms with E-state index < -0.39 is 0 Å². The molecule has 106 valence electrons. The van der Waals surface area contributed by atoms with Crippen LogP contribution in [0.3, 0.4) is 0 Å². The van der Waals surface area contributed by atoms with Crippen molar-refractivity contribution in [3.05, 3.63) is 53.6 Å². The molecule has 0 spiro atoms. The van der Waals surface area contributed by atoms with Gasteiger partial charge in [-0.25, -0.2) is 0 Å². The molecule has 2 aromatic rings. The standard InChI is InChI=1S/C16H19NO3/c1-11(17)16-14(19-2)4-3-5-15(16)20-13-8-6-12(10-18)7-9-13/h3-9,11,18H,10,17H2,1-2H3/t11-/m1/s1. The van der Waals surface area contributed by atoms with Crippen LogP contribution in [0.25, 0.3) is 0 Å². The molecule has 0 heterocycles. The summed E-state index contributed by atoms with van der Waals surface area (Å²) in [6, 6.07) is 12.7. The average Bonchev–Trinajstić information content (AvgIpc) is 2.47. The molecule has 0 aromatic heterocycles. The van der Waals surface area contributed by atoms with Crippen LogP contribution in [0.4, 0.5) is 0 Å². The number of rotatable bonds is 5. The van der Waals surface area contributed by atoms with E-state index in [1.165, 1.54) is 0 Å². The topological polar surface area (TPSA) is 64.7 Å². The molecule has 0 saturated heterocycles. The second-order valence-electron chi connectivity index (χ2n) is 4.56. The summed E-state index contributed by atoms with van der Waals surface area (Å²) in [6.45, 7) is 1.91. The first kappa shape index (κ1) is 14.4. The number of methoxy groups -OCH3 is 1. The number of aliphatic hydroxyl groups is 1. The van der Waals surface area contributed by atoms with Gasteiger partial charge in [0.2, 0.25) is 0 Å². The van der Waals surface area contributed by atoms with Crippen molar-refractivity contribution in [1.82, 2.24) is 0 Å². The summed E-state index contributed by atoms with van der Waals surface area (Å²) in [7, 11) is 1.61. The summed E-state index contributed by atoms with van der Waals surface area (Å²) in [5.41, 5.74) is 7.67. The van der Waals surface area contributed by atoms with Crippen LogP contribution in [0.1, 0.15) is 24.1 Å². The maximum absolute atomic E-state index is 9.03. The molecule has 0 unspecified atom stereocenters. The summed E-state index contributed by atoms with van der Waals surface area (Å²) < 4.78 is 11.2. The molecule has 0 bridgehead atoms. The average molecular weight is 273 g/mol. The van der Waals surface area contributed by atoms with Crippen molar-refractivity contribution in [1.29, 1.82) is 0 Å². The van der Waals surface area contributed by atoms with Gasteiger partial charge in [-0.15, -0.1) is 0 Å². The van der Waals surface area contributed by atoms with Crippen LogP contribution in [-0.4, -0.2) is 12.2 Å². The fourth-order valence-electron chi connectivity index (χ4n) is 2.03. The first-order valence-electron chi connectivity index (χ1n) is 6.46. The Morgan fingerprint density at radius 3 is 2.30 bits per heavy atom. The van der Waals surface area contributed by atoms with Gasteiger partial charge in [-0.3, -0.25) is 0 Å². The second kappa shape index (κ2) is 6.41. The van der Waals surface area contributed by atoms with E-state index >= 15 is 0 Å². The van der Waals surface area contributed by atoms with Gasteiger partial charge in [0.25, 0.3) is 0 Å². The lowest BCUT2D eigenvalue weighted by molar-refractivity contribution is 0.281. The van der Waals surface area contributed by atoms with Crippen LogP contribution in [0, 0.1) is 0 Å². The minimum Gasteiger partial charge on any atom is -0.496 e. The zero-order valence-corrected chi connectivity index (χ0v) is 11.7. The number of hydrogen-bond acceptors (Lipinski definition) is 4. The van der Waals surface area contributed by atoms with E-state index in [0.717, 1.165) is 11.1 Å². The lowest BCUT2D eigenvalue weighted by atomic mass is 10.1. The van der Waals surface area contributed by atoms with Crippen LogP contribution in [0.15, 0.2) is 42.5 Å². The van der Waals surface area contributed by atoms with Gasteiger partial charge in [0.1, 0.15) is 17.2 Å². The van der Waals surface area contributed by atoms with Gasteiger partial charge in [-0.1, -0.05) is 18.2 Å². The Labute approximate surface area is 118 Å². The Kier molecular flexibility index (Phi) is 4.61. The molecular weight excluding hydrogens is 254 g/mol. The maximum Gasteiger partial charge on any atom is 0.135 e. The zero-order chi connectivity index (χ0) is 14.5. The van der Waals surface area contributed by atoms with Crippen molar-refractivity contribution in [3.8, 4) is 17.2 Å². The monoisotopic (exact) mass is 273 g/mol. The lowest BCUT2D eigenvalue weighted by Gasteiger charge is -2.17. The molecule has 20 heavy (non-hydrogen) atoms. The molecule has 0 aliphatic rings. The van der Waals surface area contributed by atoms with Crippen molar-refractivity contribution in [2.24, 2.45) is 5.73 Å². The van der Waals surface area contributed by atoms with E-state index in [1.54, 1.807) is 7.11 Å². The van der Waals surface area contributed by atoms with Crippen molar-refractivity contribution in [2.75, 3.05) is 7.11 Å². The van der Waals surface area contributed by atoms with Crippen LogP contribution >= 0.6 is 0 Å². The SMILES string of the molecule is COc1cccc(Oc2ccc(CO)cc2)c1[C@@H](C)N. The van der Waals surface area contributed by atoms with Crippen molar-refractivity contribution < 1.29 is 14.6 Å². The van der Waals surface area contributed by atoms with E-state index in [2.05, 4.69) is 0 Å². The normalized spacial score (nSPS) is 12.0. The Morgan fingerprint density at radius 2 is 1.75 bits per heavy atom. The highest BCUT2D eigenvalue weighted by Gasteiger charge is 2.14. The number of benzene rings is 2. The van der Waals surface area contributed by atoms with Crippen LogP contribution < -0.4 is 15.2 Å². The Morgan fingerprint density at radius 1 is 1.10 bits per heavy atom. The number of aliphatic hydroxyl groups excluding tert-OH is 1. The third kappa shape index (κ3) is 3.10. The van der Waals surface area contributed by atoms with Gasteiger partial charge in [0.05, 0.1) is 19.3 Å². The quantitative estimate of drug-likeness (QED) is 0.879. The predicted molar refractivity (Wildman–Crippen MR) is 78.0 cm³/mol. The number of hydrogen-bond donors (Lipinski definition) is 2. The van der Waals surface area contributed by atoms with Gasteiger partial charge < -0.3 is 20.3 Å². The molecule has 0 aliphatic heterocycles. The molecule has 0 amide bonds. The molecule has 4 nitrogen and oxygen atoms in total. The first-order chi connectivity index (χ1) is 9.65. The van der Waals surface area contributed by atoms with E-state index in [9.17, 15) is 0 Å². The van der Waals surface area contributed by atoms with E-state index in [1.807, 2.05) is 49.4 Å². The van der Waals surface area contributed by atoms with E-state index in [4.69, 9.17) is 20.3 Å². The molecule has 0 radical (unpaired) electrons. The molecule has 2 rings (SSSR count). The Bertz CT molecular complexity index is 564. The minimum absolute atomic E-state index is 0.0184. The maximum atomic E-state index is 9.03. The van der Waals surface area contributed by atoms with Gasteiger partial charge >= 0.3 is 0 Å². The summed E-state index contributed by atoms with van der Waals surface area (Å²) in [5.74, 6) is 2.08.